The Morgan fingerprint density at radius 3 is 2.19 bits per heavy atom. The van der Waals surface area contributed by atoms with Crippen molar-refractivity contribution in [1.29, 1.82) is 0 Å². The SMILES string of the molecule is CC(C)(C)c1ccc(Oc2nc(-c3ccncc3)nc3ccccc23)cc1. The molecule has 134 valence electrons. The number of rotatable bonds is 3. The van der Waals surface area contributed by atoms with E-state index in [2.05, 4.69) is 47.9 Å². The Balaban J connectivity index is 1.76. The summed E-state index contributed by atoms with van der Waals surface area (Å²) in [4.78, 5) is 13.4. The zero-order chi connectivity index (χ0) is 18.9. The quantitative estimate of drug-likeness (QED) is 0.467. The second-order valence-corrected chi connectivity index (χ2v) is 7.48. The van der Waals surface area contributed by atoms with Crippen LogP contribution in [0.2, 0.25) is 0 Å². The number of para-hydroxylation sites is 1. The number of aromatic nitrogens is 3. The molecule has 0 fully saturated rings. The number of hydrogen-bond acceptors (Lipinski definition) is 4. The van der Waals surface area contributed by atoms with Gasteiger partial charge in [-0.3, -0.25) is 4.98 Å². The molecule has 4 aromatic rings. The summed E-state index contributed by atoms with van der Waals surface area (Å²) in [5.74, 6) is 1.93. The van der Waals surface area contributed by atoms with Gasteiger partial charge < -0.3 is 4.74 Å². The van der Waals surface area contributed by atoms with Crippen molar-refractivity contribution in [1.82, 2.24) is 15.0 Å². The standard InChI is InChI=1S/C23H21N3O/c1-23(2,3)17-8-10-18(11-9-17)27-22-19-6-4-5-7-20(19)25-21(26-22)16-12-14-24-15-13-16/h4-15H,1-3H3. The fourth-order valence-electron chi connectivity index (χ4n) is 2.89. The molecule has 0 unspecified atom stereocenters. The topological polar surface area (TPSA) is 47.9 Å². The highest BCUT2D eigenvalue weighted by Crippen LogP contribution is 2.31. The van der Waals surface area contributed by atoms with Gasteiger partial charge in [-0.25, -0.2) is 4.98 Å². The van der Waals surface area contributed by atoms with E-state index < -0.39 is 0 Å². The van der Waals surface area contributed by atoms with Crippen LogP contribution in [-0.2, 0) is 5.41 Å². The fourth-order valence-corrected chi connectivity index (χ4v) is 2.89. The predicted octanol–water partition coefficient (Wildman–Crippen LogP) is 5.78. The van der Waals surface area contributed by atoms with Crippen molar-refractivity contribution >= 4 is 10.9 Å². The first-order valence-electron chi connectivity index (χ1n) is 8.96. The number of benzene rings is 2. The molecule has 27 heavy (non-hydrogen) atoms. The van der Waals surface area contributed by atoms with E-state index in [1.807, 2.05) is 48.5 Å². The molecule has 0 radical (unpaired) electrons. The molecule has 0 saturated heterocycles. The van der Waals surface area contributed by atoms with Gasteiger partial charge in [-0.1, -0.05) is 45.0 Å². The molecule has 0 aliphatic heterocycles. The first-order valence-corrected chi connectivity index (χ1v) is 8.96. The third kappa shape index (κ3) is 3.65. The number of pyridine rings is 1. The maximum absolute atomic E-state index is 6.15. The summed E-state index contributed by atoms with van der Waals surface area (Å²) in [6, 6.07) is 19.8. The van der Waals surface area contributed by atoms with Gasteiger partial charge in [0.1, 0.15) is 5.75 Å². The van der Waals surface area contributed by atoms with Crippen LogP contribution in [0, 0.1) is 0 Å². The van der Waals surface area contributed by atoms with Crippen molar-refractivity contribution in [3.8, 4) is 23.0 Å². The van der Waals surface area contributed by atoms with E-state index in [9.17, 15) is 0 Å². The number of fused-ring (bicyclic) bond motifs is 1. The van der Waals surface area contributed by atoms with Crippen LogP contribution >= 0.6 is 0 Å². The van der Waals surface area contributed by atoms with Gasteiger partial charge in [0.25, 0.3) is 0 Å². The summed E-state index contributed by atoms with van der Waals surface area (Å²) in [6.45, 7) is 6.59. The maximum atomic E-state index is 6.15. The molecular weight excluding hydrogens is 334 g/mol. The van der Waals surface area contributed by atoms with E-state index in [1.54, 1.807) is 12.4 Å². The van der Waals surface area contributed by atoms with E-state index in [4.69, 9.17) is 4.74 Å². The zero-order valence-corrected chi connectivity index (χ0v) is 15.7. The van der Waals surface area contributed by atoms with Crippen LogP contribution in [0.1, 0.15) is 26.3 Å². The van der Waals surface area contributed by atoms with Crippen LogP contribution in [0.4, 0.5) is 0 Å². The van der Waals surface area contributed by atoms with Crippen LogP contribution in [0.15, 0.2) is 73.1 Å². The molecule has 0 spiro atoms. The number of nitrogens with zero attached hydrogens (tertiary/aromatic N) is 3. The smallest absolute Gasteiger partial charge is 0.230 e. The molecule has 0 N–H and O–H groups in total. The molecule has 2 aromatic heterocycles. The Bertz CT molecular complexity index is 1070. The largest absolute Gasteiger partial charge is 0.438 e. The van der Waals surface area contributed by atoms with Crippen molar-refractivity contribution in [2.75, 3.05) is 0 Å². The Labute approximate surface area is 158 Å². The molecule has 0 bridgehead atoms. The maximum Gasteiger partial charge on any atom is 0.230 e. The number of ether oxygens (including phenoxy) is 1. The van der Waals surface area contributed by atoms with E-state index in [-0.39, 0.29) is 5.41 Å². The van der Waals surface area contributed by atoms with Gasteiger partial charge in [0, 0.05) is 18.0 Å². The summed E-state index contributed by atoms with van der Waals surface area (Å²) >= 11 is 0. The number of hydrogen-bond donors (Lipinski definition) is 0. The lowest BCUT2D eigenvalue weighted by molar-refractivity contribution is 0.468. The molecule has 0 atom stereocenters. The molecule has 0 aliphatic carbocycles. The highest BCUT2D eigenvalue weighted by atomic mass is 16.5. The Hall–Kier alpha value is -3.27. The van der Waals surface area contributed by atoms with Crippen LogP contribution in [-0.4, -0.2) is 15.0 Å². The molecule has 2 aromatic carbocycles. The van der Waals surface area contributed by atoms with Gasteiger partial charge in [-0.2, -0.15) is 4.98 Å². The molecule has 4 heteroatoms. The van der Waals surface area contributed by atoms with Crippen molar-refractivity contribution in [3.63, 3.8) is 0 Å². The molecule has 0 amide bonds. The lowest BCUT2D eigenvalue weighted by atomic mass is 9.87. The van der Waals surface area contributed by atoms with E-state index in [1.165, 1.54) is 5.56 Å². The van der Waals surface area contributed by atoms with E-state index >= 15 is 0 Å². The molecule has 0 aliphatic rings. The highest BCUT2D eigenvalue weighted by Gasteiger charge is 2.14. The third-order valence-corrected chi connectivity index (χ3v) is 4.44. The van der Waals surface area contributed by atoms with Crippen LogP contribution in [0.3, 0.4) is 0 Å². The Morgan fingerprint density at radius 2 is 1.48 bits per heavy atom. The normalized spacial score (nSPS) is 11.5. The van der Waals surface area contributed by atoms with Crippen molar-refractivity contribution in [2.45, 2.75) is 26.2 Å². The second kappa shape index (κ2) is 6.80. The minimum atomic E-state index is 0.106. The summed E-state index contributed by atoms with van der Waals surface area (Å²) in [7, 11) is 0. The first kappa shape index (κ1) is 17.2. The monoisotopic (exact) mass is 355 g/mol. The zero-order valence-electron chi connectivity index (χ0n) is 15.7. The fraction of sp³-hybridized carbons (Fsp3) is 0.174. The Kier molecular flexibility index (Phi) is 4.32. The summed E-state index contributed by atoms with van der Waals surface area (Å²) < 4.78 is 6.15. The minimum absolute atomic E-state index is 0.106. The molecule has 0 saturated carbocycles. The highest BCUT2D eigenvalue weighted by molar-refractivity contribution is 5.85. The van der Waals surface area contributed by atoms with Crippen molar-refractivity contribution in [2.24, 2.45) is 0 Å². The first-order chi connectivity index (χ1) is 13.0. The average Bonchev–Trinajstić information content (AvgIpc) is 2.68. The average molecular weight is 355 g/mol. The third-order valence-electron chi connectivity index (χ3n) is 4.44. The molecule has 2 heterocycles. The Morgan fingerprint density at radius 1 is 0.778 bits per heavy atom. The van der Waals surface area contributed by atoms with E-state index in [0.29, 0.717) is 11.7 Å². The van der Waals surface area contributed by atoms with Gasteiger partial charge >= 0.3 is 0 Å². The molecule has 4 rings (SSSR count). The molecule has 4 nitrogen and oxygen atoms in total. The van der Waals surface area contributed by atoms with Gasteiger partial charge in [-0.15, -0.1) is 0 Å². The predicted molar refractivity (Wildman–Crippen MR) is 108 cm³/mol. The van der Waals surface area contributed by atoms with Gasteiger partial charge in [-0.05, 0) is 47.4 Å². The van der Waals surface area contributed by atoms with Crippen LogP contribution in [0.5, 0.6) is 11.6 Å². The summed E-state index contributed by atoms with van der Waals surface area (Å²) in [6.07, 6.45) is 3.47. The van der Waals surface area contributed by atoms with E-state index in [0.717, 1.165) is 22.2 Å². The van der Waals surface area contributed by atoms with Gasteiger partial charge in [0.2, 0.25) is 5.88 Å². The lowest BCUT2D eigenvalue weighted by Crippen LogP contribution is -2.10. The van der Waals surface area contributed by atoms with Crippen molar-refractivity contribution < 1.29 is 4.74 Å². The summed E-state index contributed by atoms with van der Waals surface area (Å²) in [5, 5.41) is 0.884. The van der Waals surface area contributed by atoms with Crippen molar-refractivity contribution in [3.05, 3.63) is 78.6 Å². The van der Waals surface area contributed by atoms with Crippen LogP contribution in [0.25, 0.3) is 22.3 Å². The minimum Gasteiger partial charge on any atom is -0.438 e. The molecular formula is C23H21N3O. The lowest BCUT2D eigenvalue weighted by Gasteiger charge is -2.19. The van der Waals surface area contributed by atoms with Gasteiger partial charge in [0.05, 0.1) is 10.9 Å². The van der Waals surface area contributed by atoms with Crippen LogP contribution < -0.4 is 4.74 Å². The van der Waals surface area contributed by atoms with Gasteiger partial charge in [0.15, 0.2) is 5.82 Å². The summed E-state index contributed by atoms with van der Waals surface area (Å²) in [5.41, 5.74) is 3.12. The second-order valence-electron chi connectivity index (χ2n) is 7.48.